The molecule has 5 N–H and O–H groups in total. The van der Waals surface area contributed by atoms with Crippen molar-refractivity contribution in [3.63, 3.8) is 0 Å². The van der Waals surface area contributed by atoms with Crippen LogP contribution in [0.3, 0.4) is 0 Å². The third kappa shape index (κ3) is 37.5. The van der Waals surface area contributed by atoms with Gasteiger partial charge >= 0.3 is 36.1 Å². The second-order valence-electron chi connectivity index (χ2n) is 25.2. The van der Waals surface area contributed by atoms with Crippen LogP contribution < -0.4 is 21.3 Å². The van der Waals surface area contributed by atoms with Gasteiger partial charge in [0.05, 0.1) is 64.3 Å². The Morgan fingerprint density at radius 3 is 1.08 bits per heavy atom. The summed E-state index contributed by atoms with van der Waals surface area (Å²) in [6.45, 7) is 19.7. The molecule has 0 aromatic heterocycles. The van der Waals surface area contributed by atoms with Crippen LogP contribution in [0.5, 0.6) is 0 Å². The van der Waals surface area contributed by atoms with E-state index in [-0.39, 0.29) is 161 Å². The van der Waals surface area contributed by atoms with Gasteiger partial charge in [-0.3, -0.25) is 38.4 Å². The van der Waals surface area contributed by atoms with E-state index < -0.39 is 112 Å². The van der Waals surface area contributed by atoms with E-state index in [4.69, 9.17) is 70.1 Å². The summed E-state index contributed by atoms with van der Waals surface area (Å²) in [4.78, 5) is 158. The molecule has 0 bridgehead atoms. The first-order valence-electron chi connectivity index (χ1n) is 29.6. The number of hydrogen-bond acceptors (Lipinski definition) is 17. The molecule has 0 aliphatic carbocycles. The highest BCUT2D eigenvalue weighted by atomic mass is 35.5. The maximum Gasteiger partial charge on any atom is 0.434 e. The molecule has 24 nitrogen and oxygen atoms in total. The number of Topliss-reactive ketones (excluding diaryl/α,β-unsaturated/α-hetero) is 2. The highest BCUT2D eigenvalue weighted by molar-refractivity contribution is 7.59. The Morgan fingerprint density at radius 2 is 0.770 bits per heavy atom. The van der Waals surface area contributed by atoms with Gasteiger partial charge in [-0.1, -0.05) is 105 Å². The highest BCUT2D eigenvalue weighted by Gasteiger charge is 2.29. The quantitative estimate of drug-likeness (QED) is 0.0221. The summed E-state index contributed by atoms with van der Waals surface area (Å²) in [7, 11) is 1.14. The molecule has 4 aromatic rings. The van der Waals surface area contributed by atoms with Crippen LogP contribution in [0.15, 0.2) is 94.9 Å². The fraction of sp³-hybridized carbons (Fsp3) is 0.457. The topological polar surface area (TPSA) is 344 Å². The number of nitrogens with zero attached hydrogens (tertiary/aromatic N) is 2. The van der Waals surface area contributed by atoms with Gasteiger partial charge in [0.15, 0.2) is 11.6 Å². The average Bonchev–Trinajstić information content (AvgIpc) is 0.850. The number of hydrogen-bond donors (Lipinski definition) is 5. The predicted octanol–water partition coefficient (Wildman–Crippen LogP) is 13.4. The molecule has 100 heavy (non-hydrogen) atoms. The number of nitrogens with one attached hydrogen (secondary N) is 4. The van der Waals surface area contributed by atoms with Gasteiger partial charge in [0.2, 0.25) is 0 Å². The Balaban J connectivity index is -0.00000179. The number of carboxylic acid groups (broad SMARTS) is 1. The van der Waals surface area contributed by atoms with Crippen molar-refractivity contribution in [1.29, 1.82) is 0 Å². The molecule has 0 heterocycles. The fourth-order valence-electron chi connectivity index (χ4n) is 8.20. The molecular formula is C70H96Cl4N6O18S2. The summed E-state index contributed by atoms with van der Waals surface area (Å²) in [5.41, 5.74) is -1.36. The van der Waals surface area contributed by atoms with Crippen LogP contribution in [-0.4, -0.2) is 142 Å². The summed E-state index contributed by atoms with van der Waals surface area (Å²) in [5.74, 6) is -6.88. The minimum absolute atomic E-state index is 0. The third-order valence-electron chi connectivity index (χ3n) is 12.1. The SMILES string of the molecule is C.C.C.CC(C)(C)OC(=O)CC(Cc1cccc(C(=O)NCC(=O)CC[C@H](NC(=O)c2c(Cl)cccc2Cl)C(=O)O)c1)=NC(=O)OC(C)(C)C.COC(=O)[C@H](CCC(=O)CNC(=O)c1cccc(CC(CC(=O)OC(C)(C)C)=NC(=O)OC(C)(C)C)c1)NC(=O)c1c(Cl)cccc1Cl.S.S. The number of methoxy groups -OCH3 is 1. The molecule has 0 saturated heterocycles. The molecule has 0 aliphatic heterocycles. The molecule has 2 atom stereocenters. The Kier molecular flexibility index (Phi) is 42.7. The molecule has 0 aliphatic rings. The number of benzene rings is 4. The van der Waals surface area contributed by atoms with E-state index in [1.807, 2.05) is 0 Å². The summed E-state index contributed by atoms with van der Waals surface area (Å²) in [5, 5.41) is 19.6. The predicted molar refractivity (Wildman–Crippen MR) is 398 cm³/mol. The number of esters is 3. The van der Waals surface area contributed by atoms with Gasteiger partial charge in [-0.15, -0.1) is 0 Å². The van der Waals surface area contributed by atoms with Crippen molar-refractivity contribution in [3.05, 3.63) is 138 Å². The second kappa shape index (κ2) is 44.4. The van der Waals surface area contributed by atoms with Crippen LogP contribution in [0.1, 0.15) is 196 Å². The van der Waals surface area contributed by atoms with Crippen LogP contribution in [0.25, 0.3) is 0 Å². The van der Waals surface area contributed by atoms with Crippen LogP contribution in [0.2, 0.25) is 20.1 Å². The lowest BCUT2D eigenvalue weighted by molar-refractivity contribution is -0.154. The van der Waals surface area contributed by atoms with E-state index in [0.29, 0.717) is 11.1 Å². The first-order chi connectivity index (χ1) is 44.0. The molecule has 0 unspecified atom stereocenters. The molecule has 0 spiro atoms. The maximum atomic E-state index is 12.9. The van der Waals surface area contributed by atoms with Crippen LogP contribution in [-0.2, 0) is 65.3 Å². The molecule has 4 rings (SSSR count). The minimum atomic E-state index is -1.41. The highest BCUT2D eigenvalue weighted by Crippen LogP contribution is 2.26. The van der Waals surface area contributed by atoms with Crippen LogP contribution in [0.4, 0.5) is 9.59 Å². The lowest BCUT2D eigenvalue weighted by Crippen LogP contribution is -2.42. The third-order valence-corrected chi connectivity index (χ3v) is 13.4. The van der Waals surface area contributed by atoms with E-state index in [2.05, 4.69) is 31.3 Å². The number of ether oxygens (including phenoxy) is 5. The molecule has 0 saturated carbocycles. The number of aliphatic carboxylic acids is 1. The zero-order chi connectivity index (χ0) is 71.8. The van der Waals surface area contributed by atoms with Crippen molar-refractivity contribution in [1.82, 2.24) is 21.3 Å². The second-order valence-corrected chi connectivity index (χ2v) is 26.9. The van der Waals surface area contributed by atoms with Crippen molar-refractivity contribution < 1.29 is 86.3 Å². The lowest BCUT2D eigenvalue weighted by Gasteiger charge is -2.20. The van der Waals surface area contributed by atoms with Gasteiger partial charge in [0.1, 0.15) is 34.5 Å². The number of carbonyl (C=O) groups excluding carboxylic acids is 11. The van der Waals surface area contributed by atoms with Gasteiger partial charge in [0, 0.05) is 48.2 Å². The van der Waals surface area contributed by atoms with Crippen LogP contribution >= 0.6 is 73.4 Å². The first-order valence-corrected chi connectivity index (χ1v) is 31.1. The summed E-state index contributed by atoms with van der Waals surface area (Å²) < 4.78 is 26.1. The number of carbonyl (C=O) groups is 12. The number of amides is 6. The minimum Gasteiger partial charge on any atom is -0.480 e. The first kappa shape index (κ1) is 96.3. The molecule has 6 amide bonds. The Morgan fingerprint density at radius 1 is 0.460 bits per heavy atom. The number of rotatable bonds is 26. The zero-order valence-electron chi connectivity index (χ0n) is 56.1. The van der Waals surface area contributed by atoms with Gasteiger partial charge in [0.25, 0.3) is 23.6 Å². The van der Waals surface area contributed by atoms with Crippen molar-refractivity contribution in [2.45, 2.75) is 191 Å². The molecular weight excluding hydrogens is 1420 g/mol. The smallest absolute Gasteiger partial charge is 0.434 e. The normalized spacial score (nSPS) is 11.8. The molecule has 0 fully saturated rings. The summed E-state index contributed by atoms with van der Waals surface area (Å²) >= 11 is 24.2. The molecule has 4 aromatic carbocycles. The number of aliphatic imine (C=N–C) groups is 2. The van der Waals surface area contributed by atoms with Gasteiger partial charge in [-0.25, -0.2) is 19.2 Å². The Hall–Kier alpha value is -7.88. The van der Waals surface area contributed by atoms with E-state index >= 15 is 0 Å². The fourth-order valence-corrected chi connectivity index (χ4v) is 9.34. The number of ketones is 2. The zero-order valence-corrected chi connectivity index (χ0v) is 61.1. The molecule has 30 heteroatoms. The Labute approximate surface area is 619 Å². The average molecular weight is 1520 g/mol. The molecule has 554 valence electrons. The lowest BCUT2D eigenvalue weighted by atomic mass is 10.0. The van der Waals surface area contributed by atoms with E-state index in [1.165, 1.54) is 48.5 Å². The van der Waals surface area contributed by atoms with Crippen molar-refractivity contribution >= 4 is 156 Å². The Bertz CT molecular complexity index is 3540. The van der Waals surface area contributed by atoms with Gasteiger partial charge in [-0.05, 0) is 156 Å². The monoisotopic (exact) mass is 1510 g/mol. The summed E-state index contributed by atoms with van der Waals surface area (Å²) in [6, 6.07) is 19.0. The maximum absolute atomic E-state index is 12.9. The van der Waals surface area contributed by atoms with E-state index in [9.17, 15) is 62.6 Å². The van der Waals surface area contributed by atoms with Crippen molar-refractivity contribution in [2.24, 2.45) is 9.98 Å². The number of carboxylic acids is 1. The van der Waals surface area contributed by atoms with Crippen molar-refractivity contribution in [2.75, 3.05) is 20.2 Å². The molecule has 0 radical (unpaired) electrons. The van der Waals surface area contributed by atoms with Crippen LogP contribution in [0, 0.1) is 0 Å². The van der Waals surface area contributed by atoms with E-state index in [1.54, 1.807) is 119 Å². The van der Waals surface area contributed by atoms with Gasteiger partial charge in [-0.2, -0.15) is 37.0 Å². The van der Waals surface area contributed by atoms with Gasteiger partial charge < -0.3 is 50.1 Å². The standard InChI is InChI=1S/C34H41Cl2N3O9.C33H39Cl2N3O9.3CH4.2H2S/c1-33(2,3)47-27(41)18-22(38-32(45)48-34(4,5)6)17-20-10-8-11-21(16-20)29(42)37-19-23(40)14-15-26(31(44)46-7)39-30(43)28-24(35)12-9-13-25(28)36;1-32(2,3)46-26(40)17-21(37-31(45)47-33(4,5)6)16-19-9-7-10-20(15-19)28(41)36-18-22(39)13-14-25(30(43)44)38-29(42)27-23(34)11-8-12-24(27)35;;;;;/h8-13,16,26H,14-15,17-19H2,1-7H3,(H,37,42)(H,39,43);7-12,15,25H,13-14,16-18H2,1-6H3,(H,36,41)(H,38,42)(H,43,44);3*1H4;2*1H2/t26-;25-;;;;;/m00...../s1. The largest absolute Gasteiger partial charge is 0.480 e. The van der Waals surface area contributed by atoms with E-state index in [0.717, 1.165) is 7.11 Å². The summed E-state index contributed by atoms with van der Waals surface area (Å²) in [6.07, 6.45) is -3.03. The van der Waals surface area contributed by atoms with Crippen molar-refractivity contribution in [3.8, 4) is 0 Å². The number of halogens is 4.